The zero-order valence-electron chi connectivity index (χ0n) is 12.3. The van der Waals surface area contributed by atoms with Gasteiger partial charge < -0.3 is 5.32 Å². The van der Waals surface area contributed by atoms with Gasteiger partial charge in [-0.15, -0.1) is 0 Å². The first-order chi connectivity index (χ1) is 9.27. The summed E-state index contributed by atoms with van der Waals surface area (Å²) in [5.41, 5.74) is -0.183. The van der Waals surface area contributed by atoms with E-state index in [9.17, 15) is 8.42 Å². The Morgan fingerprint density at radius 2 is 1.85 bits per heavy atom. The summed E-state index contributed by atoms with van der Waals surface area (Å²) in [4.78, 5) is 10.2. The van der Waals surface area contributed by atoms with E-state index in [2.05, 4.69) is 20.2 Å². The van der Waals surface area contributed by atoms with Gasteiger partial charge in [0.05, 0.1) is 12.4 Å². The van der Waals surface area contributed by atoms with Crippen molar-refractivity contribution in [2.24, 2.45) is 0 Å². The second-order valence-corrected chi connectivity index (χ2v) is 7.50. The number of rotatable bonds is 3. The molecule has 0 spiro atoms. The molecule has 0 unspecified atom stereocenters. The Bertz CT molecular complexity index is 570. The first-order valence-corrected chi connectivity index (χ1v) is 7.92. The SMILES string of the molecule is CNc1ncc(S(=O)(=O)N2CCN(C)C(C)(C)C2)cn1. The zero-order valence-corrected chi connectivity index (χ0v) is 13.1. The first-order valence-electron chi connectivity index (χ1n) is 6.48. The molecule has 1 N–H and O–H groups in total. The lowest BCUT2D eigenvalue weighted by molar-refractivity contribution is 0.0801. The highest BCUT2D eigenvalue weighted by molar-refractivity contribution is 7.89. The third-order valence-corrected chi connectivity index (χ3v) is 5.57. The largest absolute Gasteiger partial charge is 0.357 e. The fourth-order valence-electron chi connectivity index (χ4n) is 2.13. The molecule has 1 aromatic rings. The van der Waals surface area contributed by atoms with E-state index in [-0.39, 0.29) is 10.4 Å². The van der Waals surface area contributed by atoms with E-state index < -0.39 is 10.0 Å². The number of nitrogens with zero attached hydrogens (tertiary/aromatic N) is 4. The Morgan fingerprint density at radius 3 is 2.35 bits per heavy atom. The Kier molecular flexibility index (Phi) is 3.99. The minimum atomic E-state index is -3.53. The molecule has 1 saturated heterocycles. The molecule has 2 heterocycles. The molecule has 2 rings (SSSR count). The van der Waals surface area contributed by atoms with Crippen LogP contribution in [0.4, 0.5) is 5.95 Å². The molecule has 112 valence electrons. The highest BCUT2D eigenvalue weighted by Gasteiger charge is 2.37. The van der Waals surface area contributed by atoms with E-state index in [0.717, 1.165) is 0 Å². The molecule has 0 radical (unpaired) electrons. The molecule has 1 fully saturated rings. The van der Waals surface area contributed by atoms with Crippen LogP contribution in [0.1, 0.15) is 13.8 Å². The molecule has 7 nitrogen and oxygen atoms in total. The maximum atomic E-state index is 12.6. The average Bonchev–Trinajstić information content (AvgIpc) is 2.41. The summed E-state index contributed by atoms with van der Waals surface area (Å²) in [5, 5.41) is 2.77. The van der Waals surface area contributed by atoms with Crippen molar-refractivity contribution in [3.8, 4) is 0 Å². The summed E-state index contributed by atoms with van der Waals surface area (Å²) in [6.45, 7) is 5.72. The maximum Gasteiger partial charge on any atom is 0.246 e. The van der Waals surface area contributed by atoms with Crippen LogP contribution < -0.4 is 5.32 Å². The molecule has 20 heavy (non-hydrogen) atoms. The number of hydrogen-bond donors (Lipinski definition) is 1. The van der Waals surface area contributed by atoms with Crippen LogP contribution in [0.2, 0.25) is 0 Å². The summed E-state index contributed by atoms with van der Waals surface area (Å²) in [6, 6.07) is 0. The lowest BCUT2D eigenvalue weighted by atomic mass is 10.0. The molecule has 0 bridgehead atoms. The summed E-state index contributed by atoms with van der Waals surface area (Å²) < 4.78 is 26.7. The highest BCUT2D eigenvalue weighted by atomic mass is 32.2. The van der Waals surface area contributed by atoms with Gasteiger partial charge in [-0.2, -0.15) is 4.31 Å². The second-order valence-electron chi connectivity index (χ2n) is 5.56. The first kappa shape index (κ1) is 15.1. The molecule has 1 aliphatic rings. The van der Waals surface area contributed by atoms with Crippen LogP contribution in [0.15, 0.2) is 17.3 Å². The predicted octanol–water partition coefficient (Wildman–Crippen LogP) is 0.233. The van der Waals surface area contributed by atoms with Gasteiger partial charge in [-0.25, -0.2) is 18.4 Å². The third kappa shape index (κ3) is 2.77. The van der Waals surface area contributed by atoms with E-state index in [1.165, 1.54) is 16.7 Å². The standard InChI is InChI=1S/C12H21N5O2S/c1-12(2)9-17(6-5-16(12)4)20(18,19)10-7-14-11(13-3)15-8-10/h7-8H,5-6,9H2,1-4H3,(H,13,14,15). The normalized spacial score (nSPS) is 20.8. The molecule has 0 saturated carbocycles. The Hall–Kier alpha value is -1.25. The van der Waals surface area contributed by atoms with Crippen LogP contribution in [-0.2, 0) is 10.0 Å². The van der Waals surface area contributed by atoms with E-state index in [1.54, 1.807) is 7.05 Å². The minimum absolute atomic E-state index is 0.136. The highest BCUT2D eigenvalue weighted by Crippen LogP contribution is 2.24. The lowest BCUT2D eigenvalue weighted by Gasteiger charge is -2.44. The van der Waals surface area contributed by atoms with E-state index in [1.807, 2.05) is 20.9 Å². The molecule has 0 amide bonds. The number of hydrogen-bond acceptors (Lipinski definition) is 6. The van der Waals surface area contributed by atoms with Crippen molar-refractivity contribution in [2.75, 3.05) is 39.0 Å². The number of nitrogens with one attached hydrogen (secondary N) is 1. The summed E-state index contributed by atoms with van der Waals surface area (Å²) in [7, 11) is 0.168. The quantitative estimate of drug-likeness (QED) is 0.861. The fourth-order valence-corrected chi connectivity index (χ4v) is 3.61. The topological polar surface area (TPSA) is 78.4 Å². The maximum absolute atomic E-state index is 12.6. The van der Waals surface area contributed by atoms with Crippen LogP contribution in [0.5, 0.6) is 0 Å². The van der Waals surface area contributed by atoms with Crippen molar-refractivity contribution in [2.45, 2.75) is 24.3 Å². The predicted molar refractivity (Wildman–Crippen MR) is 77.0 cm³/mol. The smallest absolute Gasteiger partial charge is 0.246 e. The van der Waals surface area contributed by atoms with Crippen molar-refractivity contribution in [3.05, 3.63) is 12.4 Å². The Labute approximate surface area is 120 Å². The number of sulfonamides is 1. The average molecular weight is 299 g/mol. The van der Waals surface area contributed by atoms with Gasteiger partial charge in [0.1, 0.15) is 4.90 Å². The fraction of sp³-hybridized carbons (Fsp3) is 0.667. The Balaban J connectivity index is 2.26. The monoisotopic (exact) mass is 299 g/mol. The van der Waals surface area contributed by atoms with Gasteiger partial charge in [0.25, 0.3) is 0 Å². The summed E-state index contributed by atoms with van der Waals surface area (Å²) >= 11 is 0. The van der Waals surface area contributed by atoms with Gasteiger partial charge in [0.15, 0.2) is 0 Å². The Morgan fingerprint density at radius 1 is 1.25 bits per heavy atom. The van der Waals surface area contributed by atoms with E-state index in [0.29, 0.717) is 25.6 Å². The summed E-state index contributed by atoms with van der Waals surface area (Å²) in [6.07, 6.45) is 2.69. The molecule has 1 aromatic heterocycles. The molecule has 0 atom stereocenters. The molecule has 8 heteroatoms. The molecular weight excluding hydrogens is 278 g/mol. The lowest BCUT2D eigenvalue weighted by Crippen LogP contribution is -2.58. The van der Waals surface area contributed by atoms with Gasteiger partial charge >= 0.3 is 0 Å². The van der Waals surface area contributed by atoms with Crippen molar-refractivity contribution in [1.29, 1.82) is 0 Å². The van der Waals surface area contributed by atoms with Crippen LogP contribution in [-0.4, -0.2) is 66.9 Å². The summed E-state index contributed by atoms with van der Waals surface area (Å²) in [5.74, 6) is 0.405. The number of aromatic nitrogens is 2. The van der Waals surface area contributed by atoms with Crippen molar-refractivity contribution in [3.63, 3.8) is 0 Å². The van der Waals surface area contributed by atoms with Gasteiger partial charge in [-0.05, 0) is 20.9 Å². The van der Waals surface area contributed by atoms with Crippen LogP contribution in [0.3, 0.4) is 0 Å². The van der Waals surface area contributed by atoms with Crippen molar-refractivity contribution >= 4 is 16.0 Å². The van der Waals surface area contributed by atoms with Gasteiger partial charge in [-0.3, -0.25) is 4.90 Å². The van der Waals surface area contributed by atoms with Crippen molar-refractivity contribution in [1.82, 2.24) is 19.2 Å². The molecule has 0 aromatic carbocycles. The van der Waals surface area contributed by atoms with Gasteiger partial charge in [-0.1, -0.05) is 0 Å². The molecular formula is C12H21N5O2S. The van der Waals surface area contributed by atoms with E-state index in [4.69, 9.17) is 0 Å². The second kappa shape index (κ2) is 5.27. The molecule has 1 aliphatic heterocycles. The van der Waals surface area contributed by atoms with Crippen molar-refractivity contribution < 1.29 is 8.42 Å². The van der Waals surface area contributed by atoms with Crippen LogP contribution in [0.25, 0.3) is 0 Å². The van der Waals surface area contributed by atoms with Crippen LogP contribution in [0, 0.1) is 0 Å². The number of anilines is 1. The third-order valence-electron chi connectivity index (χ3n) is 3.77. The van der Waals surface area contributed by atoms with Crippen LogP contribution >= 0.6 is 0 Å². The van der Waals surface area contributed by atoms with Gasteiger partial charge in [0, 0.05) is 32.2 Å². The van der Waals surface area contributed by atoms with Gasteiger partial charge in [0.2, 0.25) is 16.0 Å². The van der Waals surface area contributed by atoms with E-state index >= 15 is 0 Å². The number of piperazine rings is 1. The minimum Gasteiger partial charge on any atom is -0.357 e. The molecule has 0 aliphatic carbocycles. The zero-order chi connectivity index (χ0) is 15.0. The number of likely N-dealkylation sites (N-methyl/N-ethyl adjacent to an activating group) is 1.